The molecule has 130 valence electrons. The molecule has 0 fully saturated rings. The van der Waals surface area contributed by atoms with Crippen LogP contribution in [0.25, 0.3) is 5.65 Å². The molecule has 1 amide bonds. The van der Waals surface area contributed by atoms with Gasteiger partial charge in [-0.3, -0.25) is 9.20 Å². The van der Waals surface area contributed by atoms with Gasteiger partial charge in [0.2, 0.25) is 5.91 Å². The lowest BCUT2D eigenvalue weighted by Gasteiger charge is -2.17. The predicted molar refractivity (Wildman–Crippen MR) is 92.1 cm³/mol. The zero-order valence-electron chi connectivity index (χ0n) is 13.6. The van der Waals surface area contributed by atoms with E-state index < -0.39 is 29.5 Å². The summed E-state index contributed by atoms with van der Waals surface area (Å²) in [7, 11) is 0. The van der Waals surface area contributed by atoms with Crippen LogP contribution in [0.15, 0.2) is 47.4 Å². The Kier molecular flexibility index (Phi) is 4.59. The molecule has 25 heavy (non-hydrogen) atoms. The Morgan fingerprint density at radius 3 is 2.72 bits per heavy atom. The molecule has 2 heterocycles. The number of rotatable bonds is 4. The maximum Gasteiger partial charge on any atom is 0.351 e. The third-order valence-electron chi connectivity index (χ3n) is 4.00. The Balaban J connectivity index is 1.80. The van der Waals surface area contributed by atoms with E-state index in [4.69, 9.17) is 11.6 Å². The first-order chi connectivity index (χ1) is 11.9. The molecule has 1 aromatic carbocycles. The van der Waals surface area contributed by atoms with Crippen LogP contribution in [-0.2, 0) is 4.79 Å². The largest absolute Gasteiger partial charge is 0.351 e. The van der Waals surface area contributed by atoms with E-state index in [1.165, 1.54) is 16.5 Å². The van der Waals surface area contributed by atoms with Gasteiger partial charge >= 0.3 is 5.69 Å². The highest BCUT2D eigenvalue weighted by Crippen LogP contribution is 2.20. The zero-order valence-corrected chi connectivity index (χ0v) is 14.4. The Morgan fingerprint density at radius 2 is 2.04 bits per heavy atom. The average molecular weight is 363 g/mol. The van der Waals surface area contributed by atoms with Gasteiger partial charge in [0.25, 0.3) is 0 Å². The van der Waals surface area contributed by atoms with E-state index in [0.717, 1.165) is 4.68 Å². The van der Waals surface area contributed by atoms with Gasteiger partial charge in [0.1, 0.15) is 11.9 Å². The molecule has 0 saturated heterocycles. The number of halogens is 2. The molecule has 2 atom stereocenters. The number of pyridine rings is 1. The van der Waals surface area contributed by atoms with Gasteiger partial charge in [-0.05, 0) is 43.7 Å². The van der Waals surface area contributed by atoms with Crippen LogP contribution in [0.5, 0.6) is 0 Å². The molecular formula is C17H16ClFN4O2. The summed E-state index contributed by atoms with van der Waals surface area (Å²) in [4.78, 5) is 24.8. The summed E-state index contributed by atoms with van der Waals surface area (Å²) in [5.41, 5.74) is 0.633. The highest BCUT2D eigenvalue weighted by atomic mass is 35.5. The van der Waals surface area contributed by atoms with Crippen molar-refractivity contribution in [1.29, 1.82) is 0 Å². The van der Waals surface area contributed by atoms with E-state index in [-0.39, 0.29) is 5.02 Å². The normalized spacial score (nSPS) is 13.6. The number of fused-ring (bicyclic) bond motifs is 1. The van der Waals surface area contributed by atoms with Crippen molar-refractivity contribution in [3.63, 3.8) is 0 Å². The summed E-state index contributed by atoms with van der Waals surface area (Å²) >= 11 is 5.67. The van der Waals surface area contributed by atoms with Crippen LogP contribution >= 0.6 is 11.6 Å². The van der Waals surface area contributed by atoms with Crippen LogP contribution in [0.1, 0.15) is 31.5 Å². The van der Waals surface area contributed by atoms with Crippen molar-refractivity contribution in [2.24, 2.45) is 0 Å². The predicted octanol–water partition coefficient (Wildman–Crippen LogP) is 2.73. The summed E-state index contributed by atoms with van der Waals surface area (Å²) in [5, 5.41) is 6.94. The van der Waals surface area contributed by atoms with Crippen molar-refractivity contribution in [1.82, 2.24) is 19.5 Å². The quantitative estimate of drug-likeness (QED) is 0.776. The molecule has 6 nitrogen and oxygen atoms in total. The Bertz CT molecular complexity index is 998. The van der Waals surface area contributed by atoms with Crippen molar-refractivity contribution in [2.45, 2.75) is 25.9 Å². The lowest BCUT2D eigenvalue weighted by Crippen LogP contribution is -2.37. The fraction of sp³-hybridized carbons (Fsp3) is 0.235. The second-order valence-electron chi connectivity index (χ2n) is 5.74. The van der Waals surface area contributed by atoms with Crippen molar-refractivity contribution in [3.8, 4) is 0 Å². The van der Waals surface area contributed by atoms with Gasteiger partial charge in [-0.25, -0.2) is 13.9 Å². The highest BCUT2D eigenvalue weighted by Gasteiger charge is 2.22. The lowest BCUT2D eigenvalue weighted by atomic mass is 10.1. The van der Waals surface area contributed by atoms with Crippen LogP contribution in [0.4, 0.5) is 4.39 Å². The first-order valence-electron chi connectivity index (χ1n) is 7.69. The first-order valence-corrected chi connectivity index (χ1v) is 8.07. The summed E-state index contributed by atoms with van der Waals surface area (Å²) in [6.45, 7) is 3.30. The molecule has 0 spiro atoms. The van der Waals surface area contributed by atoms with E-state index in [1.807, 2.05) is 0 Å². The molecular weight excluding hydrogens is 347 g/mol. The van der Waals surface area contributed by atoms with Gasteiger partial charge in [0.05, 0.1) is 11.1 Å². The molecule has 0 aliphatic rings. The monoisotopic (exact) mass is 362 g/mol. The van der Waals surface area contributed by atoms with E-state index in [2.05, 4.69) is 10.4 Å². The summed E-state index contributed by atoms with van der Waals surface area (Å²) < 4.78 is 16.1. The van der Waals surface area contributed by atoms with E-state index in [0.29, 0.717) is 11.2 Å². The number of benzene rings is 1. The fourth-order valence-corrected chi connectivity index (χ4v) is 2.62. The molecule has 2 aromatic heterocycles. The second-order valence-corrected chi connectivity index (χ2v) is 6.14. The summed E-state index contributed by atoms with van der Waals surface area (Å²) in [6, 6.07) is 8.23. The maximum absolute atomic E-state index is 13.6. The van der Waals surface area contributed by atoms with Gasteiger partial charge in [0, 0.05) is 6.20 Å². The smallest absolute Gasteiger partial charge is 0.348 e. The molecule has 1 unspecified atom stereocenters. The van der Waals surface area contributed by atoms with E-state index >= 15 is 0 Å². The van der Waals surface area contributed by atoms with Gasteiger partial charge in [0.15, 0.2) is 5.65 Å². The molecule has 0 bridgehead atoms. The van der Waals surface area contributed by atoms with Crippen LogP contribution in [0.2, 0.25) is 5.02 Å². The van der Waals surface area contributed by atoms with Gasteiger partial charge in [-0.15, -0.1) is 5.10 Å². The van der Waals surface area contributed by atoms with Gasteiger partial charge in [-0.2, -0.15) is 0 Å². The SMILES string of the molecule is CC(C(=O)N[C@@H](C)c1ccc(Cl)c(F)c1)n1nc2ccccn2c1=O. The van der Waals surface area contributed by atoms with Crippen LogP contribution < -0.4 is 11.0 Å². The standard InChI is InChI=1S/C17H16ClFN4O2/c1-10(12-6-7-13(18)14(19)9-12)20-16(24)11(2)23-17(25)22-8-4-3-5-15(22)21-23/h3-11H,1-2H3,(H,20,24)/t10-,11?/m0/s1. The topological polar surface area (TPSA) is 68.4 Å². The van der Waals surface area contributed by atoms with Crippen molar-refractivity contribution in [2.75, 3.05) is 0 Å². The molecule has 1 N–H and O–H groups in total. The molecule has 0 radical (unpaired) electrons. The molecule has 3 aromatic rings. The van der Waals surface area contributed by atoms with E-state index in [1.54, 1.807) is 44.3 Å². The first kappa shape index (κ1) is 17.2. The summed E-state index contributed by atoms with van der Waals surface area (Å²) in [5.74, 6) is -0.946. The zero-order chi connectivity index (χ0) is 18.1. The number of carbonyl (C=O) groups is 1. The van der Waals surface area contributed by atoms with E-state index in [9.17, 15) is 14.0 Å². The Labute approximate surface area is 147 Å². The summed E-state index contributed by atoms with van der Waals surface area (Å²) in [6.07, 6.45) is 1.59. The van der Waals surface area contributed by atoms with Crippen molar-refractivity contribution < 1.29 is 9.18 Å². The Morgan fingerprint density at radius 1 is 1.28 bits per heavy atom. The average Bonchev–Trinajstić information content (AvgIpc) is 2.93. The molecule has 3 rings (SSSR count). The minimum Gasteiger partial charge on any atom is -0.348 e. The third-order valence-corrected chi connectivity index (χ3v) is 4.31. The second kappa shape index (κ2) is 6.68. The van der Waals surface area contributed by atoms with Crippen molar-refractivity contribution in [3.05, 3.63) is 69.5 Å². The molecule has 0 aliphatic heterocycles. The van der Waals surface area contributed by atoms with Gasteiger partial charge in [-0.1, -0.05) is 23.7 Å². The number of amides is 1. The number of nitrogens with zero attached hydrogens (tertiary/aromatic N) is 3. The lowest BCUT2D eigenvalue weighted by molar-refractivity contribution is -0.124. The molecule has 8 heteroatoms. The van der Waals surface area contributed by atoms with Crippen LogP contribution in [0, 0.1) is 5.82 Å². The maximum atomic E-state index is 13.6. The molecule has 0 aliphatic carbocycles. The third kappa shape index (κ3) is 3.28. The number of aromatic nitrogens is 3. The van der Waals surface area contributed by atoms with Crippen LogP contribution in [0.3, 0.4) is 0 Å². The molecule has 0 saturated carbocycles. The number of hydrogen-bond acceptors (Lipinski definition) is 3. The van der Waals surface area contributed by atoms with Crippen molar-refractivity contribution >= 4 is 23.2 Å². The number of nitrogens with one attached hydrogen (secondary N) is 1. The van der Waals surface area contributed by atoms with Crippen LogP contribution in [-0.4, -0.2) is 20.1 Å². The highest BCUT2D eigenvalue weighted by molar-refractivity contribution is 6.30. The number of hydrogen-bond donors (Lipinski definition) is 1. The minimum atomic E-state index is -0.813. The Hall–Kier alpha value is -2.67. The minimum absolute atomic E-state index is 0.0203. The fourth-order valence-electron chi connectivity index (χ4n) is 2.50. The van der Waals surface area contributed by atoms with Gasteiger partial charge < -0.3 is 5.32 Å². The number of carbonyl (C=O) groups excluding carboxylic acids is 1.